The largest absolute Gasteiger partial charge is 0.490 e. The van der Waals surface area contributed by atoms with Crippen LogP contribution in [0.3, 0.4) is 0 Å². The van der Waals surface area contributed by atoms with E-state index in [0.29, 0.717) is 6.10 Å². The Balaban J connectivity index is 2.05. The molecular formula is C16H23BrO. The summed E-state index contributed by atoms with van der Waals surface area (Å²) in [5, 5.41) is 0.864. The van der Waals surface area contributed by atoms with Crippen LogP contribution in [0.5, 0.6) is 5.75 Å². The molecule has 3 atom stereocenters. The fraction of sp³-hybridized carbons (Fsp3) is 0.625. The van der Waals surface area contributed by atoms with Crippen molar-refractivity contribution < 1.29 is 4.74 Å². The second-order valence-corrected chi connectivity index (χ2v) is 6.31. The van der Waals surface area contributed by atoms with Crippen molar-refractivity contribution in [2.24, 2.45) is 11.8 Å². The average Bonchev–Trinajstić information content (AvgIpc) is 2.36. The minimum atomic E-state index is 0.400. The molecule has 2 rings (SSSR count). The standard InChI is InChI=1S/C16H23BrO/c1-11-4-7-16(14(8-11)10-17)18-15-6-5-12(2)13(3)9-15/h4,7-8,12-13,15H,5-6,9-10H2,1-3H3. The number of aryl methyl sites for hydroxylation is 1. The van der Waals surface area contributed by atoms with E-state index in [1.807, 2.05) is 0 Å². The molecule has 0 amide bonds. The molecule has 1 aromatic rings. The van der Waals surface area contributed by atoms with Gasteiger partial charge in [-0.3, -0.25) is 0 Å². The van der Waals surface area contributed by atoms with Crippen molar-refractivity contribution in [2.45, 2.75) is 51.5 Å². The lowest BCUT2D eigenvalue weighted by Gasteiger charge is -2.32. The second-order valence-electron chi connectivity index (χ2n) is 5.75. The van der Waals surface area contributed by atoms with E-state index in [1.165, 1.54) is 30.4 Å². The van der Waals surface area contributed by atoms with Crippen molar-refractivity contribution in [1.29, 1.82) is 0 Å². The Labute approximate surface area is 119 Å². The molecule has 0 bridgehead atoms. The number of benzene rings is 1. The quantitative estimate of drug-likeness (QED) is 0.706. The van der Waals surface area contributed by atoms with E-state index >= 15 is 0 Å². The van der Waals surface area contributed by atoms with Crippen LogP contribution in [0.25, 0.3) is 0 Å². The molecule has 1 aliphatic carbocycles. The predicted octanol–water partition coefficient (Wildman–Crippen LogP) is 5.09. The maximum absolute atomic E-state index is 6.22. The fourth-order valence-electron chi connectivity index (χ4n) is 2.71. The summed E-state index contributed by atoms with van der Waals surface area (Å²) in [6.45, 7) is 6.83. The lowest BCUT2D eigenvalue weighted by Crippen LogP contribution is -2.29. The number of rotatable bonds is 3. The van der Waals surface area contributed by atoms with Crippen LogP contribution in [0.15, 0.2) is 18.2 Å². The number of hydrogen-bond donors (Lipinski definition) is 0. The third-order valence-corrected chi connectivity index (χ3v) is 4.81. The van der Waals surface area contributed by atoms with Gasteiger partial charge in [0, 0.05) is 10.9 Å². The van der Waals surface area contributed by atoms with Gasteiger partial charge in [0.2, 0.25) is 0 Å². The van der Waals surface area contributed by atoms with Crippen LogP contribution in [0.1, 0.15) is 44.2 Å². The summed E-state index contributed by atoms with van der Waals surface area (Å²) < 4.78 is 6.22. The Kier molecular flexibility index (Phi) is 4.71. The lowest BCUT2D eigenvalue weighted by atomic mass is 9.80. The predicted molar refractivity (Wildman–Crippen MR) is 80.4 cm³/mol. The first kappa shape index (κ1) is 13.9. The molecule has 0 saturated heterocycles. The minimum Gasteiger partial charge on any atom is -0.490 e. The molecular weight excluding hydrogens is 288 g/mol. The Morgan fingerprint density at radius 2 is 2.00 bits per heavy atom. The van der Waals surface area contributed by atoms with Crippen LogP contribution in [0.2, 0.25) is 0 Å². The van der Waals surface area contributed by atoms with E-state index in [2.05, 4.69) is 54.9 Å². The van der Waals surface area contributed by atoms with E-state index in [9.17, 15) is 0 Å². The lowest BCUT2D eigenvalue weighted by molar-refractivity contribution is 0.0999. The van der Waals surface area contributed by atoms with Crippen molar-refractivity contribution in [1.82, 2.24) is 0 Å². The van der Waals surface area contributed by atoms with Crippen LogP contribution >= 0.6 is 15.9 Å². The van der Waals surface area contributed by atoms with Gasteiger partial charge in [0.25, 0.3) is 0 Å². The number of halogens is 1. The summed E-state index contributed by atoms with van der Waals surface area (Å²) >= 11 is 3.55. The van der Waals surface area contributed by atoms with E-state index in [4.69, 9.17) is 4.74 Å². The minimum absolute atomic E-state index is 0.400. The summed E-state index contributed by atoms with van der Waals surface area (Å²) in [5.41, 5.74) is 2.56. The first-order valence-electron chi connectivity index (χ1n) is 6.92. The molecule has 0 aliphatic heterocycles. The number of ether oxygens (including phenoxy) is 1. The van der Waals surface area contributed by atoms with Crippen molar-refractivity contribution in [3.8, 4) is 5.75 Å². The highest BCUT2D eigenvalue weighted by atomic mass is 79.9. The number of alkyl halides is 1. The Hall–Kier alpha value is -0.500. The molecule has 100 valence electrons. The van der Waals surface area contributed by atoms with Gasteiger partial charge in [-0.1, -0.05) is 47.5 Å². The first-order chi connectivity index (χ1) is 8.60. The van der Waals surface area contributed by atoms with E-state index in [0.717, 1.165) is 22.9 Å². The molecule has 1 aromatic carbocycles. The highest BCUT2D eigenvalue weighted by Crippen LogP contribution is 2.33. The molecule has 2 heteroatoms. The van der Waals surface area contributed by atoms with Gasteiger partial charge in [-0.2, -0.15) is 0 Å². The monoisotopic (exact) mass is 310 g/mol. The number of hydrogen-bond acceptors (Lipinski definition) is 1. The van der Waals surface area contributed by atoms with Crippen LogP contribution in [0.4, 0.5) is 0 Å². The summed E-state index contributed by atoms with van der Waals surface area (Å²) in [6.07, 6.45) is 4.08. The topological polar surface area (TPSA) is 9.23 Å². The second kappa shape index (κ2) is 6.10. The smallest absolute Gasteiger partial charge is 0.123 e. The average molecular weight is 311 g/mol. The summed E-state index contributed by atoms with van der Waals surface area (Å²) in [4.78, 5) is 0. The van der Waals surface area contributed by atoms with Crippen molar-refractivity contribution in [2.75, 3.05) is 0 Å². The van der Waals surface area contributed by atoms with Gasteiger partial charge in [0.15, 0.2) is 0 Å². The molecule has 0 heterocycles. The summed E-state index contributed by atoms with van der Waals surface area (Å²) in [5.74, 6) is 2.68. The maximum atomic E-state index is 6.22. The third kappa shape index (κ3) is 3.28. The molecule has 1 fully saturated rings. The fourth-order valence-corrected chi connectivity index (χ4v) is 3.15. The van der Waals surface area contributed by atoms with Crippen LogP contribution < -0.4 is 4.74 Å². The van der Waals surface area contributed by atoms with E-state index in [-0.39, 0.29) is 0 Å². The molecule has 18 heavy (non-hydrogen) atoms. The summed E-state index contributed by atoms with van der Waals surface area (Å²) in [7, 11) is 0. The van der Waals surface area contributed by atoms with Gasteiger partial charge in [0.1, 0.15) is 5.75 Å². The van der Waals surface area contributed by atoms with Gasteiger partial charge < -0.3 is 4.74 Å². The maximum Gasteiger partial charge on any atom is 0.123 e. The molecule has 1 nitrogen and oxygen atoms in total. The van der Waals surface area contributed by atoms with Crippen molar-refractivity contribution >= 4 is 15.9 Å². The normalized spacial score (nSPS) is 28.1. The molecule has 0 aromatic heterocycles. The molecule has 3 unspecified atom stereocenters. The molecule has 0 N–H and O–H groups in total. The van der Waals surface area contributed by atoms with Gasteiger partial charge >= 0.3 is 0 Å². The summed E-state index contributed by atoms with van der Waals surface area (Å²) in [6, 6.07) is 6.46. The van der Waals surface area contributed by atoms with Crippen molar-refractivity contribution in [3.05, 3.63) is 29.3 Å². The highest BCUT2D eigenvalue weighted by Gasteiger charge is 2.26. The van der Waals surface area contributed by atoms with Gasteiger partial charge in [-0.15, -0.1) is 0 Å². The zero-order valence-electron chi connectivity index (χ0n) is 11.6. The Morgan fingerprint density at radius 3 is 2.67 bits per heavy atom. The van der Waals surface area contributed by atoms with Gasteiger partial charge in [-0.05, 0) is 44.1 Å². The Bertz CT molecular complexity index is 402. The van der Waals surface area contributed by atoms with Crippen LogP contribution in [0, 0.1) is 18.8 Å². The molecule has 0 spiro atoms. The zero-order chi connectivity index (χ0) is 13.1. The van der Waals surface area contributed by atoms with Gasteiger partial charge in [0.05, 0.1) is 6.10 Å². The molecule has 0 radical (unpaired) electrons. The van der Waals surface area contributed by atoms with E-state index < -0.39 is 0 Å². The van der Waals surface area contributed by atoms with Gasteiger partial charge in [-0.25, -0.2) is 0 Å². The van der Waals surface area contributed by atoms with E-state index in [1.54, 1.807) is 0 Å². The third-order valence-electron chi connectivity index (χ3n) is 4.20. The van der Waals surface area contributed by atoms with Crippen molar-refractivity contribution in [3.63, 3.8) is 0 Å². The zero-order valence-corrected chi connectivity index (χ0v) is 13.2. The van der Waals surface area contributed by atoms with Crippen LogP contribution in [-0.2, 0) is 5.33 Å². The SMILES string of the molecule is Cc1ccc(OC2CCC(C)C(C)C2)c(CBr)c1. The van der Waals surface area contributed by atoms with Crippen LogP contribution in [-0.4, -0.2) is 6.10 Å². The molecule has 1 aliphatic rings. The first-order valence-corrected chi connectivity index (χ1v) is 8.04. The Morgan fingerprint density at radius 1 is 1.22 bits per heavy atom. The molecule has 1 saturated carbocycles. The highest BCUT2D eigenvalue weighted by molar-refractivity contribution is 9.08.